The molecular formula is C11H22N2O4S. The Labute approximate surface area is 109 Å². The number of hydrogen-bond acceptors (Lipinski definition) is 5. The van der Waals surface area contributed by atoms with Gasteiger partial charge in [0.2, 0.25) is 10.0 Å². The van der Waals surface area contributed by atoms with Crippen molar-refractivity contribution in [2.75, 3.05) is 45.6 Å². The molecule has 6 nitrogen and oxygen atoms in total. The maximum Gasteiger partial charge on any atom is 0.305 e. The first-order valence-corrected chi connectivity index (χ1v) is 7.88. The first-order chi connectivity index (χ1) is 8.45. The summed E-state index contributed by atoms with van der Waals surface area (Å²) in [6.45, 7) is 4.67. The third-order valence-corrected chi connectivity index (χ3v) is 4.90. The summed E-state index contributed by atoms with van der Waals surface area (Å²) in [5, 5.41) is 0. The molecule has 0 aromatic rings. The Hall–Kier alpha value is -0.660. The lowest BCUT2D eigenvalue weighted by molar-refractivity contribution is -0.143. The van der Waals surface area contributed by atoms with Crippen LogP contribution in [0.15, 0.2) is 0 Å². The molecule has 0 aromatic carbocycles. The summed E-state index contributed by atoms with van der Waals surface area (Å²) in [7, 11) is -1.24. The predicted octanol–water partition coefficient (Wildman–Crippen LogP) is -0.0931. The van der Waals surface area contributed by atoms with Crippen molar-refractivity contribution in [2.24, 2.45) is 0 Å². The molecule has 106 valence electrons. The summed E-state index contributed by atoms with van der Waals surface area (Å²) in [5.41, 5.74) is 0. The van der Waals surface area contributed by atoms with E-state index in [0.717, 1.165) is 13.1 Å². The Bertz CT molecular complexity index is 361. The van der Waals surface area contributed by atoms with Crippen molar-refractivity contribution in [3.63, 3.8) is 0 Å². The number of carbonyl (C=O) groups excluding carboxylic acids is 1. The number of hydrogen-bond donors (Lipinski definition) is 0. The number of sulfonamides is 1. The lowest BCUT2D eigenvalue weighted by Gasteiger charge is -2.31. The summed E-state index contributed by atoms with van der Waals surface area (Å²) in [4.78, 5) is 13.2. The quantitative estimate of drug-likeness (QED) is 0.635. The minimum Gasteiger partial charge on any atom is -0.466 e. The summed E-state index contributed by atoms with van der Waals surface area (Å²) in [6.07, 6.45) is 0.494. The van der Waals surface area contributed by atoms with Crippen LogP contribution in [-0.2, 0) is 19.6 Å². The Morgan fingerprint density at radius 1 is 1.22 bits per heavy atom. The molecule has 0 N–H and O–H groups in total. The molecule has 0 amide bonds. The van der Waals surface area contributed by atoms with Gasteiger partial charge in [0, 0.05) is 32.6 Å². The lowest BCUT2D eigenvalue weighted by atomic mass is 10.3. The Kier molecular flexibility index (Phi) is 6.04. The first-order valence-electron chi connectivity index (χ1n) is 6.27. The van der Waals surface area contributed by atoms with E-state index in [0.29, 0.717) is 26.1 Å². The Morgan fingerprint density at radius 3 is 2.39 bits per heavy atom. The van der Waals surface area contributed by atoms with E-state index in [2.05, 4.69) is 4.90 Å². The van der Waals surface area contributed by atoms with Gasteiger partial charge in [-0.3, -0.25) is 4.79 Å². The zero-order valence-corrected chi connectivity index (χ0v) is 11.9. The fourth-order valence-electron chi connectivity index (χ4n) is 1.83. The maximum atomic E-state index is 12.0. The second kappa shape index (κ2) is 7.06. The molecule has 0 aromatic heterocycles. The molecule has 7 heteroatoms. The summed E-state index contributed by atoms with van der Waals surface area (Å²) < 4.78 is 30.2. The van der Waals surface area contributed by atoms with Gasteiger partial charge in [-0.25, -0.2) is 8.42 Å². The van der Waals surface area contributed by atoms with Crippen molar-refractivity contribution in [3.05, 3.63) is 0 Å². The molecule has 0 atom stereocenters. The van der Waals surface area contributed by atoms with Gasteiger partial charge in [0.25, 0.3) is 0 Å². The van der Waals surface area contributed by atoms with Crippen molar-refractivity contribution in [1.82, 2.24) is 9.21 Å². The van der Waals surface area contributed by atoms with E-state index in [1.807, 2.05) is 7.05 Å². The molecule has 1 heterocycles. The fourth-order valence-corrected chi connectivity index (χ4v) is 3.31. The van der Waals surface area contributed by atoms with Gasteiger partial charge in [-0.1, -0.05) is 0 Å². The molecule has 1 fully saturated rings. The fraction of sp³-hybridized carbons (Fsp3) is 0.909. The van der Waals surface area contributed by atoms with Crippen LogP contribution in [0.1, 0.15) is 19.8 Å². The van der Waals surface area contributed by atoms with Gasteiger partial charge in [-0.2, -0.15) is 4.31 Å². The van der Waals surface area contributed by atoms with Crippen LogP contribution >= 0.6 is 0 Å². The Balaban J connectivity index is 2.33. The van der Waals surface area contributed by atoms with E-state index in [-0.39, 0.29) is 18.1 Å². The molecular weight excluding hydrogens is 256 g/mol. The van der Waals surface area contributed by atoms with Crippen LogP contribution in [0.25, 0.3) is 0 Å². The monoisotopic (exact) mass is 278 g/mol. The highest BCUT2D eigenvalue weighted by atomic mass is 32.2. The van der Waals surface area contributed by atoms with Crippen molar-refractivity contribution in [3.8, 4) is 0 Å². The number of nitrogens with zero attached hydrogens (tertiary/aromatic N) is 2. The Morgan fingerprint density at radius 2 is 1.83 bits per heavy atom. The average Bonchev–Trinajstić information content (AvgIpc) is 2.29. The minimum absolute atomic E-state index is 0.0233. The van der Waals surface area contributed by atoms with Crippen LogP contribution in [0.3, 0.4) is 0 Å². The number of ether oxygens (including phenoxy) is 1. The minimum atomic E-state index is -3.22. The standard InChI is InChI=1S/C11H22N2O4S/c1-3-17-11(14)5-4-10-18(15,16)13-8-6-12(2)7-9-13/h3-10H2,1-2H3. The predicted molar refractivity (Wildman–Crippen MR) is 68.7 cm³/mol. The summed E-state index contributed by atoms with van der Waals surface area (Å²) >= 11 is 0. The summed E-state index contributed by atoms with van der Waals surface area (Å²) in [6, 6.07) is 0. The van der Waals surface area contributed by atoms with E-state index in [1.165, 1.54) is 4.31 Å². The molecule has 1 aliphatic heterocycles. The maximum absolute atomic E-state index is 12.0. The normalized spacial score (nSPS) is 18.8. The van der Waals surface area contributed by atoms with Crippen LogP contribution < -0.4 is 0 Å². The number of likely N-dealkylation sites (N-methyl/N-ethyl adjacent to an activating group) is 1. The zero-order chi connectivity index (χ0) is 13.6. The van der Waals surface area contributed by atoms with E-state index in [9.17, 15) is 13.2 Å². The molecule has 0 bridgehead atoms. The van der Waals surface area contributed by atoms with Crippen molar-refractivity contribution in [2.45, 2.75) is 19.8 Å². The third kappa shape index (κ3) is 4.91. The van der Waals surface area contributed by atoms with Crippen LogP contribution in [0.2, 0.25) is 0 Å². The van der Waals surface area contributed by atoms with Crippen LogP contribution in [-0.4, -0.2) is 69.2 Å². The number of rotatable bonds is 6. The van der Waals surface area contributed by atoms with Crippen molar-refractivity contribution >= 4 is 16.0 Å². The molecule has 0 aliphatic carbocycles. The van der Waals surface area contributed by atoms with Gasteiger partial charge in [0.15, 0.2) is 0 Å². The van der Waals surface area contributed by atoms with E-state index < -0.39 is 10.0 Å². The molecule has 0 spiro atoms. The molecule has 1 aliphatic rings. The van der Waals surface area contributed by atoms with Crippen molar-refractivity contribution < 1.29 is 17.9 Å². The smallest absolute Gasteiger partial charge is 0.305 e. The lowest BCUT2D eigenvalue weighted by Crippen LogP contribution is -2.47. The van der Waals surface area contributed by atoms with Crippen molar-refractivity contribution in [1.29, 1.82) is 0 Å². The molecule has 0 unspecified atom stereocenters. The first kappa shape index (κ1) is 15.4. The molecule has 0 saturated carbocycles. The van der Waals surface area contributed by atoms with E-state index >= 15 is 0 Å². The topological polar surface area (TPSA) is 66.9 Å². The summed E-state index contributed by atoms with van der Waals surface area (Å²) in [5.74, 6) is -0.304. The van der Waals surface area contributed by atoms with Gasteiger partial charge in [-0.15, -0.1) is 0 Å². The number of esters is 1. The number of piperazine rings is 1. The molecule has 1 rings (SSSR count). The van der Waals surface area contributed by atoms with Crippen LogP contribution in [0.5, 0.6) is 0 Å². The number of carbonyl (C=O) groups is 1. The zero-order valence-electron chi connectivity index (χ0n) is 11.1. The van der Waals surface area contributed by atoms with Crippen LogP contribution in [0.4, 0.5) is 0 Å². The average molecular weight is 278 g/mol. The van der Waals surface area contributed by atoms with E-state index in [1.54, 1.807) is 6.92 Å². The molecule has 1 saturated heterocycles. The molecule has 18 heavy (non-hydrogen) atoms. The second-order valence-corrected chi connectivity index (χ2v) is 6.52. The second-order valence-electron chi connectivity index (χ2n) is 4.43. The highest BCUT2D eigenvalue weighted by molar-refractivity contribution is 7.89. The van der Waals surface area contributed by atoms with Gasteiger partial charge < -0.3 is 9.64 Å². The van der Waals surface area contributed by atoms with Gasteiger partial charge in [0.1, 0.15) is 0 Å². The van der Waals surface area contributed by atoms with E-state index in [4.69, 9.17) is 4.74 Å². The highest BCUT2D eigenvalue weighted by Crippen LogP contribution is 2.09. The van der Waals surface area contributed by atoms with Gasteiger partial charge in [0.05, 0.1) is 12.4 Å². The molecule has 0 radical (unpaired) electrons. The van der Waals surface area contributed by atoms with Crippen LogP contribution in [0, 0.1) is 0 Å². The highest BCUT2D eigenvalue weighted by Gasteiger charge is 2.25. The van der Waals surface area contributed by atoms with Gasteiger partial charge in [-0.05, 0) is 20.4 Å². The third-order valence-electron chi connectivity index (χ3n) is 2.94. The largest absolute Gasteiger partial charge is 0.466 e. The van der Waals surface area contributed by atoms with Gasteiger partial charge >= 0.3 is 5.97 Å². The SMILES string of the molecule is CCOC(=O)CCCS(=O)(=O)N1CCN(C)CC1.